The highest BCUT2D eigenvalue weighted by Gasteiger charge is 2.35. The minimum Gasteiger partial charge on any atom is -0.481 e. The van der Waals surface area contributed by atoms with Gasteiger partial charge < -0.3 is 5.11 Å². The molecule has 0 amide bonds. The van der Waals surface area contributed by atoms with Crippen LogP contribution in [0.2, 0.25) is 0 Å². The van der Waals surface area contributed by atoms with Crippen LogP contribution >= 0.6 is 0 Å². The fraction of sp³-hybridized carbons (Fsp3) is 0.421. The first-order valence-corrected chi connectivity index (χ1v) is 7.87. The number of hydrogen-bond acceptors (Lipinski definition) is 1. The molecule has 0 radical (unpaired) electrons. The summed E-state index contributed by atoms with van der Waals surface area (Å²) in [5.74, 6) is -0.644. The molecule has 0 atom stereocenters. The lowest BCUT2D eigenvalue weighted by molar-refractivity contribution is -0.139. The number of aliphatic carboxylic acids is 1. The second-order valence-corrected chi connectivity index (χ2v) is 6.42. The van der Waals surface area contributed by atoms with E-state index in [-0.39, 0.29) is 5.41 Å². The van der Waals surface area contributed by atoms with Crippen LogP contribution in [0.5, 0.6) is 0 Å². The number of rotatable bonds is 5. The highest BCUT2D eigenvalue weighted by atomic mass is 16.4. The number of carbonyl (C=O) groups is 1. The Morgan fingerprint density at radius 1 is 1.05 bits per heavy atom. The lowest BCUT2D eigenvalue weighted by Crippen LogP contribution is -2.21. The van der Waals surface area contributed by atoms with E-state index in [4.69, 9.17) is 0 Å². The van der Waals surface area contributed by atoms with Gasteiger partial charge in [-0.2, -0.15) is 0 Å². The van der Waals surface area contributed by atoms with E-state index in [2.05, 4.69) is 42.5 Å². The van der Waals surface area contributed by atoms with Crippen LogP contribution in [0.4, 0.5) is 0 Å². The van der Waals surface area contributed by atoms with E-state index in [1.54, 1.807) is 0 Å². The van der Waals surface area contributed by atoms with E-state index in [9.17, 15) is 9.90 Å². The molecule has 3 rings (SSSR count). The van der Waals surface area contributed by atoms with E-state index in [0.717, 1.165) is 25.7 Å². The summed E-state index contributed by atoms with van der Waals surface area (Å²) in [7, 11) is 0. The average Bonchev–Trinajstić information content (AvgIpc) is 2.93. The summed E-state index contributed by atoms with van der Waals surface area (Å²) in [6, 6.07) is 14.9. The minimum atomic E-state index is -0.644. The van der Waals surface area contributed by atoms with Crippen LogP contribution in [0.1, 0.15) is 44.1 Å². The Bertz CT molecular complexity index is 634. The fourth-order valence-electron chi connectivity index (χ4n) is 3.87. The maximum atomic E-state index is 11.2. The number of fused-ring (bicyclic) bond motifs is 1. The van der Waals surface area contributed by atoms with Crippen LogP contribution in [-0.2, 0) is 11.2 Å². The van der Waals surface area contributed by atoms with Crippen molar-refractivity contribution in [1.82, 2.24) is 0 Å². The first kappa shape index (κ1) is 14.1. The highest BCUT2D eigenvalue weighted by Crippen LogP contribution is 2.45. The Morgan fingerprint density at radius 2 is 1.76 bits per heavy atom. The van der Waals surface area contributed by atoms with Crippen molar-refractivity contribution in [3.8, 4) is 0 Å². The van der Waals surface area contributed by atoms with Crippen molar-refractivity contribution in [3.05, 3.63) is 48.0 Å². The Kier molecular flexibility index (Phi) is 3.96. The maximum absolute atomic E-state index is 11.2. The predicted molar refractivity (Wildman–Crippen MR) is 85.4 cm³/mol. The van der Waals surface area contributed by atoms with Gasteiger partial charge in [-0.05, 0) is 47.4 Å². The molecule has 0 aromatic heterocycles. The molecule has 110 valence electrons. The van der Waals surface area contributed by atoms with Gasteiger partial charge in [0, 0.05) is 0 Å². The summed E-state index contributed by atoms with van der Waals surface area (Å²) in [5.41, 5.74) is 1.38. The van der Waals surface area contributed by atoms with Gasteiger partial charge in [0.2, 0.25) is 0 Å². The summed E-state index contributed by atoms with van der Waals surface area (Å²) < 4.78 is 0. The first-order chi connectivity index (χ1) is 10.2. The zero-order chi connectivity index (χ0) is 14.7. The summed E-state index contributed by atoms with van der Waals surface area (Å²) >= 11 is 0. The SMILES string of the molecule is O=C(O)CC1(CCc2cccc3ccccc23)CCCC1. The summed E-state index contributed by atoms with van der Waals surface area (Å²) in [6.07, 6.45) is 6.82. The third-order valence-corrected chi connectivity index (χ3v) is 5.00. The zero-order valence-electron chi connectivity index (χ0n) is 12.3. The molecule has 1 aliphatic carbocycles. The Balaban J connectivity index is 1.80. The molecule has 1 N–H and O–H groups in total. The Morgan fingerprint density at radius 3 is 2.52 bits per heavy atom. The van der Waals surface area contributed by atoms with Crippen LogP contribution in [-0.4, -0.2) is 11.1 Å². The lowest BCUT2D eigenvalue weighted by atomic mass is 9.77. The first-order valence-electron chi connectivity index (χ1n) is 7.87. The molecule has 1 fully saturated rings. The normalized spacial score (nSPS) is 17.1. The molecular formula is C19H22O2. The number of hydrogen-bond donors (Lipinski definition) is 1. The summed E-state index contributed by atoms with van der Waals surface area (Å²) in [5, 5.41) is 11.8. The van der Waals surface area contributed by atoms with Gasteiger partial charge >= 0.3 is 5.97 Å². The molecule has 2 heteroatoms. The smallest absolute Gasteiger partial charge is 0.303 e. The van der Waals surface area contributed by atoms with Crippen LogP contribution in [0.15, 0.2) is 42.5 Å². The molecule has 0 saturated heterocycles. The standard InChI is InChI=1S/C19H22O2/c20-18(21)14-19(11-3-4-12-19)13-10-16-8-5-7-15-6-1-2-9-17(15)16/h1-2,5-9H,3-4,10-14H2,(H,20,21). The quantitative estimate of drug-likeness (QED) is 0.854. The number of carboxylic acid groups (broad SMARTS) is 1. The molecule has 1 saturated carbocycles. The minimum absolute atomic E-state index is 0.0305. The van der Waals surface area contributed by atoms with Gasteiger partial charge in [0.1, 0.15) is 0 Å². The van der Waals surface area contributed by atoms with Crippen LogP contribution in [0.3, 0.4) is 0 Å². The number of carboxylic acids is 1. The molecule has 0 spiro atoms. The van der Waals surface area contributed by atoms with Gasteiger partial charge in [-0.25, -0.2) is 0 Å². The van der Waals surface area contributed by atoms with Crippen molar-refractivity contribution < 1.29 is 9.90 Å². The second kappa shape index (κ2) is 5.88. The largest absolute Gasteiger partial charge is 0.481 e. The topological polar surface area (TPSA) is 37.3 Å². The van der Waals surface area contributed by atoms with Crippen molar-refractivity contribution in [2.24, 2.45) is 5.41 Å². The maximum Gasteiger partial charge on any atom is 0.303 e. The summed E-state index contributed by atoms with van der Waals surface area (Å²) in [6.45, 7) is 0. The summed E-state index contributed by atoms with van der Waals surface area (Å²) in [4.78, 5) is 11.2. The van der Waals surface area contributed by atoms with E-state index >= 15 is 0 Å². The Labute approximate surface area is 125 Å². The van der Waals surface area contributed by atoms with Crippen molar-refractivity contribution in [2.45, 2.75) is 44.9 Å². The van der Waals surface area contributed by atoms with Crippen LogP contribution in [0, 0.1) is 5.41 Å². The lowest BCUT2D eigenvalue weighted by Gasteiger charge is -2.27. The van der Waals surface area contributed by atoms with Gasteiger partial charge in [-0.15, -0.1) is 0 Å². The third-order valence-electron chi connectivity index (χ3n) is 5.00. The molecule has 0 bridgehead atoms. The third kappa shape index (κ3) is 3.10. The molecule has 21 heavy (non-hydrogen) atoms. The second-order valence-electron chi connectivity index (χ2n) is 6.42. The van der Waals surface area contributed by atoms with Gasteiger partial charge in [0.15, 0.2) is 0 Å². The number of aryl methyl sites for hydroxylation is 1. The van der Waals surface area contributed by atoms with Crippen LogP contribution in [0.25, 0.3) is 10.8 Å². The van der Waals surface area contributed by atoms with Crippen molar-refractivity contribution in [2.75, 3.05) is 0 Å². The zero-order valence-corrected chi connectivity index (χ0v) is 12.3. The van der Waals surface area contributed by atoms with Gasteiger partial charge in [-0.1, -0.05) is 55.3 Å². The molecule has 2 nitrogen and oxygen atoms in total. The molecule has 1 aliphatic rings. The Hall–Kier alpha value is -1.83. The van der Waals surface area contributed by atoms with Crippen molar-refractivity contribution >= 4 is 16.7 Å². The van der Waals surface area contributed by atoms with Crippen LogP contribution < -0.4 is 0 Å². The monoisotopic (exact) mass is 282 g/mol. The fourth-order valence-corrected chi connectivity index (χ4v) is 3.87. The highest BCUT2D eigenvalue weighted by molar-refractivity contribution is 5.85. The molecule has 0 heterocycles. The molecule has 0 unspecified atom stereocenters. The van der Waals surface area contributed by atoms with Gasteiger partial charge in [0.05, 0.1) is 6.42 Å². The van der Waals surface area contributed by atoms with Gasteiger partial charge in [0.25, 0.3) is 0 Å². The molecular weight excluding hydrogens is 260 g/mol. The predicted octanol–water partition coefficient (Wildman–Crippen LogP) is 4.81. The average molecular weight is 282 g/mol. The molecule has 2 aromatic rings. The molecule has 2 aromatic carbocycles. The van der Waals surface area contributed by atoms with Crippen molar-refractivity contribution in [3.63, 3.8) is 0 Å². The van der Waals surface area contributed by atoms with E-state index in [0.29, 0.717) is 6.42 Å². The molecule has 0 aliphatic heterocycles. The van der Waals surface area contributed by atoms with Crippen molar-refractivity contribution in [1.29, 1.82) is 0 Å². The number of benzene rings is 2. The van der Waals surface area contributed by atoms with Gasteiger partial charge in [-0.3, -0.25) is 4.79 Å². The van der Waals surface area contributed by atoms with E-state index in [1.807, 2.05) is 0 Å². The van der Waals surface area contributed by atoms with E-state index < -0.39 is 5.97 Å². The van der Waals surface area contributed by atoms with E-state index in [1.165, 1.54) is 29.2 Å².